The molecule has 1 aliphatic heterocycles. The summed E-state index contributed by atoms with van der Waals surface area (Å²) in [5.41, 5.74) is 2.66. The van der Waals surface area contributed by atoms with E-state index < -0.39 is 0 Å². The Kier molecular flexibility index (Phi) is 4.07. The van der Waals surface area contributed by atoms with Gasteiger partial charge in [-0.25, -0.2) is 9.40 Å². The van der Waals surface area contributed by atoms with Gasteiger partial charge in [0.1, 0.15) is 5.82 Å². The summed E-state index contributed by atoms with van der Waals surface area (Å²) >= 11 is 3.41. The zero-order chi connectivity index (χ0) is 15.7. The molecule has 112 valence electrons. The minimum atomic E-state index is -0.282. The van der Waals surface area contributed by atoms with E-state index in [-0.39, 0.29) is 17.8 Å². The quantitative estimate of drug-likeness (QED) is 0.786. The van der Waals surface area contributed by atoms with E-state index in [0.29, 0.717) is 6.42 Å². The van der Waals surface area contributed by atoms with Crippen LogP contribution >= 0.6 is 15.9 Å². The van der Waals surface area contributed by atoms with E-state index in [9.17, 15) is 9.18 Å². The molecule has 0 spiro atoms. The van der Waals surface area contributed by atoms with Crippen molar-refractivity contribution in [3.05, 3.63) is 69.9 Å². The summed E-state index contributed by atoms with van der Waals surface area (Å²) in [7, 11) is 0. The largest absolute Gasteiger partial charge is 0.273 e. The second-order valence-corrected chi connectivity index (χ2v) is 6.10. The first-order valence-corrected chi connectivity index (χ1v) is 7.72. The molecule has 0 aliphatic carbocycles. The number of hydrogen-bond donors (Lipinski definition) is 0. The van der Waals surface area contributed by atoms with Gasteiger partial charge in [-0.05, 0) is 35.4 Å². The predicted octanol–water partition coefficient (Wildman–Crippen LogP) is 4.29. The summed E-state index contributed by atoms with van der Waals surface area (Å²) in [6.45, 7) is 1.50. The van der Waals surface area contributed by atoms with Crippen LogP contribution in [0.2, 0.25) is 0 Å². The number of halogens is 2. The lowest BCUT2D eigenvalue weighted by Gasteiger charge is -2.20. The van der Waals surface area contributed by atoms with Crippen molar-refractivity contribution in [1.82, 2.24) is 5.01 Å². The van der Waals surface area contributed by atoms with Crippen LogP contribution in [0.3, 0.4) is 0 Å². The molecule has 1 aliphatic rings. The maximum absolute atomic E-state index is 13.0. The molecule has 3 nitrogen and oxygen atoms in total. The molecule has 0 fully saturated rings. The Morgan fingerprint density at radius 3 is 2.41 bits per heavy atom. The minimum Gasteiger partial charge on any atom is -0.273 e. The van der Waals surface area contributed by atoms with Crippen molar-refractivity contribution < 1.29 is 9.18 Å². The van der Waals surface area contributed by atoms with Gasteiger partial charge in [-0.1, -0.05) is 40.2 Å². The molecule has 0 aromatic heterocycles. The van der Waals surface area contributed by atoms with Crippen LogP contribution in [0.15, 0.2) is 58.1 Å². The maximum Gasteiger partial charge on any atom is 0.240 e. The van der Waals surface area contributed by atoms with Gasteiger partial charge in [0.15, 0.2) is 0 Å². The van der Waals surface area contributed by atoms with Gasteiger partial charge in [0.25, 0.3) is 0 Å². The Balaban J connectivity index is 1.92. The summed E-state index contributed by atoms with van der Waals surface area (Å²) in [4.78, 5) is 11.9. The fraction of sp³-hybridized carbons (Fsp3) is 0.176. The molecule has 1 atom stereocenters. The normalized spacial score (nSPS) is 17.5. The molecule has 1 amide bonds. The molecule has 0 N–H and O–H groups in total. The molecule has 0 radical (unpaired) electrons. The van der Waals surface area contributed by atoms with Crippen molar-refractivity contribution in [2.75, 3.05) is 0 Å². The van der Waals surface area contributed by atoms with Crippen LogP contribution in [0.25, 0.3) is 0 Å². The molecule has 0 unspecified atom stereocenters. The van der Waals surface area contributed by atoms with Crippen molar-refractivity contribution in [3.8, 4) is 0 Å². The summed E-state index contributed by atoms with van der Waals surface area (Å²) in [6.07, 6.45) is 0.618. The molecule has 0 saturated heterocycles. The highest BCUT2D eigenvalue weighted by Crippen LogP contribution is 2.33. The van der Waals surface area contributed by atoms with E-state index in [1.165, 1.54) is 24.1 Å². The fourth-order valence-electron chi connectivity index (χ4n) is 2.56. The van der Waals surface area contributed by atoms with Crippen molar-refractivity contribution in [2.24, 2.45) is 5.10 Å². The smallest absolute Gasteiger partial charge is 0.240 e. The molecular formula is C17H14BrFN2O. The average molecular weight is 361 g/mol. The highest BCUT2D eigenvalue weighted by molar-refractivity contribution is 9.10. The number of rotatable bonds is 2. The number of benzene rings is 2. The first-order chi connectivity index (χ1) is 10.5. The van der Waals surface area contributed by atoms with E-state index in [4.69, 9.17) is 0 Å². The van der Waals surface area contributed by atoms with Crippen LogP contribution < -0.4 is 0 Å². The summed E-state index contributed by atoms with van der Waals surface area (Å²) in [5.74, 6) is -0.389. The van der Waals surface area contributed by atoms with Gasteiger partial charge in [0, 0.05) is 17.8 Å². The Labute approximate surface area is 136 Å². The molecule has 22 heavy (non-hydrogen) atoms. The SMILES string of the molecule is CC(=O)N1N=C(c2ccc(F)cc2)C[C@@H]1c1ccc(Br)cc1. The van der Waals surface area contributed by atoms with E-state index in [1.54, 1.807) is 12.1 Å². The predicted molar refractivity (Wildman–Crippen MR) is 87.0 cm³/mol. The maximum atomic E-state index is 13.0. The van der Waals surface area contributed by atoms with E-state index >= 15 is 0 Å². The zero-order valence-electron chi connectivity index (χ0n) is 12.0. The van der Waals surface area contributed by atoms with Gasteiger partial charge < -0.3 is 0 Å². The molecule has 5 heteroatoms. The first kappa shape index (κ1) is 14.9. The lowest BCUT2D eigenvalue weighted by atomic mass is 9.98. The molecule has 2 aromatic carbocycles. The topological polar surface area (TPSA) is 32.7 Å². The van der Waals surface area contributed by atoms with Gasteiger partial charge >= 0.3 is 0 Å². The zero-order valence-corrected chi connectivity index (χ0v) is 13.5. The van der Waals surface area contributed by atoms with Crippen molar-refractivity contribution in [3.63, 3.8) is 0 Å². The number of hydrogen-bond acceptors (Lipinski definition) is 2. The fourth-order valence-corrected chi connectivity index (χ4v) is 2.83. The summed E-state index contributed by atoms with van der Waals surface area (Å²) < 4.78 is 14.0. The van der Waals surface area contributed by atoms with Gasteiger partial charge in [0.05, 0.1) is 11.8 Å². The third-order valence-corrected chi connectivity index (χ3v) is 4.19. The van der Waals surface area contributed by atoms with Crippen molar-refractivity contribution >= 4 is 27.5 Å². The Morgan fingerprint density at radius 1 is 1.18 bits per heavy atom. The number of hydrazone groups is 1. The van der Waals surface area contributed by atoms with Crippen LogP contribution in [0.4, 0.5) is 4.39 Å². The van der Waals surface area contributed by atoms with Gasteiger partial charge in [-0.2, -0.15) is 5.10 Å². The van der Waals surface area contributed by atoms with Crippen LogP contribution in [0.5, 0.6) is 0 Å². The van der Waals surface area contributed by atoms with Crippen LogP contribution in [-0.2, 0) is 4.79 Å². The third-order valence-electron chi connectivity index (χ3n) is 3.67. The van der Waals surface area contributed by atoms with Crippen molar-refractivity contribution in [2.45, 2.75) is 19.4 Å². The number of carbonyl (C=O) groups is 1. The van der Waals surface area contributed by atoms with Gasteiger partial charge in [-0.3, -0.25) is 4.79 Å². The minimum absolute atomic E-state index is 0.106. The van der Waals surface area contributed by atoms with E-state index in [1.807, 2.05) is 24.3 Å². The average Bonchev–Trinajstić information content (AvgIpc) is 2.94. The Bertz CT molecular complexity index is 725. The van der Waals surface area contributed by atoms with E-state index in [0.717, 1.165) is 21.3 Å². The van der Waals surface area contributed by atoms with Crippen LogP contribution in [0.1, 0.15) is 30.5 Å². The van der Waals surface area contributed by atoms with Crippen molar-refractivity contribution in [1.29, 1.82) is 0 Å². The van der Waals surface area contributed by atoms with Crippen LogP contribution in [-0.4, -0.2) is 16.6 Å². The Hall–Kier alpha value is -2.01. The van der Waals surface area contributed by atoms with Crippen LogP contribution in [0, 0.1) is 5.82 Å². The third kappa shape index (κ3) is 2.95. The van der Waals surface area contributed by atoms with Gasteiger partial charge in [-0.15, -0.1) is 0 Å². The number of carbonyl (C=O) groups excluding carboxylic acids is 1. The monoisotopic (exact) mass is 360 g/mol. The second-order valence-electron chi connectivity index (χ2n) is 5.19. The molecule has 3 rings (SSSR count). The standard InChI is InChI=1S/C17H14BrFN2O/c1-11(22)21-17(13-2-6-14(18)7-3-13)10-16(20-21)12-4-8-15(19)9-5-12/h2-9,17H,10H2,1H3/t17-/m1/s1. The number of nitrogens with zero attached hydrogens (tertiary/aromatic N) is 2. The molecule has 1 heterocycles. The summed E-state index contributed by atoms with van der Waals surface area (Å²) in [6, 6.07) is 13.9. The molecular weight excluding hydrogens is 347 g/mol. The second kappa shape index (κ2) is 6.01. The lowest BCUT2D eigenvalue weighted by Crippen LogP contribution is -2.24. The first-order valence-electron chi connectivity index (χ1n) is 6.93. The highest BCUT2D eigenvalue weighted by atomic mass is 79.9. The molecule has 2 aromatic rings. The molecule has 0 bridgehead atoms. The number of amides is 1. The highest BCUT2D eigenvalue weighted by Gasteiger charge is 2.31. The summed E-state index contributed by atoms with van der Waals surface area (Å²) in [5, 5.41) is 5.94. The van der Waals surface area contributed by atoms with Gasteiger partial charge in [0.2, 0.25) is 5.91 Å². The lowest BCUT2D eigenvalue weighted by molar-refractivity contribution is -0.130. The van der Waals surface area contributed by atoms with E-state index in [2.05, 4.69) is 21.0 Å². The Morgan fingerprint density at radius 2 is 1.82 bits per heavy atom. The molecule has 0 saturated carbocycles.